The van der Waals surface area contributed by atoms with Crippen LogP contribution in [0.25, 0.3) is 0 Å². The minimum atomic E-state index is -0.868. The van der Waals surface area contributed by atoms with Gasteiger partial charge in [-0.1, -0.05) is 35.9 Å². The molecule has 1 saturated heterocycles. The first-order chi connectivity index (χ1) is 12.5. The first-order valence-corrected chi connectivity index (χ1v) is 8.48. The topological polar surface area (TPSA) is 58.6 Å². The minimum Gasteiger partial charge on any atom is -0.356 e. The van der Waals surface area contributed by atoms with E-state index in [-0.39, 0.29) is 30.8 Å². The number of amides is 2. The summed E-state index contributed by atoms with van der Waals surface area (Å²) in [5, 5.41) is 3.31. The highest BCUT2D eigenvalue weighted by Crippen LogP contribution is 2.30. The molecule has 0 unspecified atom stereocenters. The number of nitrogens with zero attached hydrogens (tertiary/aromatic N) is 1. The second kappa shape index (κ2) is 7.85. The molecule has 5 nitrogen and oxygen atoms in total. The van der Waals surface area contributed by atoms with E-state index >= 15 is 0 Å². The van der Waals surface area contributed by atoms with Crippen molar-refractivity contribution in [1.29, 1.82) is 0 Å². The van der Waals surface area contributed by atoms with Crippen LogP contribution in [0.4, 0.5) is 4.39 Å². The van der Waals surface area contributed by atoms with Crippen molar-refractivity contribution < 1.29 is 18.7 Å². The molecule has 2 atom stereocenters. The lowest BCUT2D eigenvalue weighted by Crippen LogP contribution is -2.52. The first kappa shape index (κ1) is 18.4. The van der Waals surface area contributed by atoms with Crippen LogP contribution in [-0.2, 0) is 20.9 Å². The zero-order valence-electron chi connectivity index (χ0n) is 14.1. The third-order valence-corrected chi connectivity index (χ3v) is 4.56. The maximum Gasteiger partial charge on any atom is 0.251 e. The van der Waals surface area contributed by atoms with Gasteiger partial charge in [0.1, 0.15) is 12.4 Å². The van der Waals surface area contributed by atoms with Crippen molar-refractivity contribution in [3.8, 4) is 0 Å². The number of carbonyl (C=O) groups is 2. The van der Waals surface area contributed by atoms with Gasteiger partial charge in [-0.25, -0.2) is 4.39 Å². The molecule has 0 saturated carbocycles. The second-order valence-electron chi connectivity index (χ2n) is 6.08. The van der Waals surface area contributed by atoms with Gasteiger partial charge < -0.3 is 15.0 Å². The molecule has 0 radical (unpaired) electrons. The van der Waals surface area contributed by atoms with Crippen LogP contribution in [-0.4, -0.2) is 36.5 Å². The lowest BCUT2D eigenvalue weighted by molar-refractivity contribution is -0.162. The number of benzene rings is 2. The average Bonchev–Trinajstić information content (AvgIpc) is 2.63. The summed E-state index contributed by atoms with van der Waals surface area (Å²) >= 11 is 5.92. The van der Waals surface area contributed by atoms with Gasteiger partial charge in [-0.05, 0) is 35.4 Å². The van der Waals surface area contributed by atoms with Crippen LogP contribution in [0.5, 0.6) is 0 Å². The summed E-state index contributed by atoms with van der Waals surface area (Å²) in [6, 6.07) is 12.4. The van der Waals surface area contributed by atoms with Crippen molar-refractivity contribution >= 4 is 23.4 Å². The van der Waals surface area contributed by atoms with Gasteiger partial charge in [0.25, 0.3) is 5.91 Å². The van der Waals surface area contributed by atoms with E-state index in [0.29, 0.717) is 10.6 Å². The van der Waals surface area contributed by atoms with Crippen LogP contribution in [0.15, 0.2) is 48.5 Å². The number of rotatable bonds is 4. The van der Waals surface area contributed by atoms with Gasteiger partial charge in [0.15, 0.2) is 6.10 Å². The lowest BCUT2D eigenvalue weighted by Gasteiger charge is -2.38. The van der Waals surface area contributed by atoms with Crippen LogP contribution >= 0.6 is 11.6 Å². The Hall–Kier alpha value is -2.44. The number of halogens is 2. The molecule has 0 bridgehead atoms. The fraction of sp³-hybridized carbons (Fsp3) is 0.263. The maximum absolute atomic E-state index is 13.3. The van der Waals surface area contributed by atoms with Gasteiger partial charge >= 0.3 is 0 Å². The Morgan fingerprint density at radius 3 is 2.73 bits per heavy atom. The Morgan fingerprint density at radius 1 is 1.31 bits per heavy atom. The van der Waals surface area contributed by atoms with Crippen LogP contribution in [0.3, 0.4) is 0 Å². The fourth-order valence-corrected chi connectivity index (χ4v) is 3.05. The van der Waals surface area contributed by atoms with E-state index in [1.807, 2.05) is 0 Å². The molecule has 26 heavy (non-hydrogen) atoms. The Balaban J connectivity index is 1.77. The fourth-order valence-electron chi connectivity index (χ4n) is 2.93. The Bertz CT molecular complexity index is 813. The largest absolute Gasteiger partial charge is 0.356 e. The third kappa shape index (κ3) is 4.03. The number of morpholine rings is 1. The quantitative estimate of drug-likeness (QED) is 0.892. The minimum absolute atomic E-state index is 0.168. The van der Waals surface area contributed by atoms with E-state index < -0.39 is 12.1 Å². The van der Waals surface area contributed by atoms with Gasteiger partial charge in [-0.2, -0.15) is 0 Å². The van der Waals surface area contributed by atoms with Crippen LogP contribution in [0.1, 0.15) is 17.2 Å². The Labute approximate surface area is 155 Å². The normalized spacial score (nSPS) is 20.1. The van der Waals surface area contributed by atoms with Crippen LogP contribution < -0.4 is 5.32 Å². The standard InChI is InChI=1S/C19H18ClFN2O3/c1-23-16(24)11-26-18(17(23)13-5-7-14(20)8-6-13)19(25)22-10-12-3-2-4-15(21)9-12/h2-9,17-18H,10-11H2,1H3,(H,22,25)/t17-,18+/m1/s1. The zero-order chi connectivity index (χ0) is 18.7. The molecule has 136 valence electrons. The van der Waals surface area contributed by atoms with E-state index in [0.717, 1.165) is 5.56 Å². The van der Waals surface area contributed by atoms with Crippen molar-refractivity contribution in [3.63, 3.8) is 0 Å². The SMILES string of the molecule is CN1C(=O)CO[C@H](C(=O)NCc2cccc(F)c2)[C@H]1c1ccc(Cl)cc1. The van der Waals surface area contributed by atoms with Crippen LogP contribution in [0, 0.1) is 5.82 Å². The molecule has 1 aliphatic heterocycles. The molecule has 2 amide bonds. The number of ether oxygens (including phenoxy) is 1. The highest BCUT2D eigenvalue weighted by atomic mass is 35.5. The molecule has 0 aromatic heterocycles. The van der Waals surface area contributed by atoms with Crippen molar-refractivity contribution in [2.75, 3.05) is 13.7 Å². The molecule has 7 heteroatoms. The number of hydrogen-bond donors (Lipinski definition) is 1. The summed E-state index contributed by atoms with van der Waals surface area (Å²) in [7, 11) is 1.64. The number of nitrogens with one attached hydrogen (secondary N) is 1. The van der Waals surface area contributed by atoms with Gasteiger partial charge in [-0.3, -0.25) is 9.59 Å². The molecule has 1 heterocycles. The molecule has 3 rings (SSSR count). The predicted molar refractivity (Wildman–Crippen MR) is 94.9 cm³/mol. The zero-order valence-corrected chi connectivity index (χ0v) is 14.9. The van der Waals surface area contributed by atoms with Gasteiger partial charge in [0, 0.05) is 18.6 Å². The monoisotopic (exact) mass is 376 g/mol. The molecule has 0 aliphatic carbocycles. The summed E-state index contributed by atoms with van der Waals surface area (Å²) in [5.74, 6) is -0.942. The highest BCUT2D eigenvalue weighted by Gasteiger charge is 2.39. The smallest absolute Gasteiger partial charge is 0.251 e. The molecular formula is C19H18ClFN2O3. The van der Waals surface area contributed by atoms with Crippen molar-refractivity contribution in [1.82, 2.24) is 10.2 Å². The maximum atomic E-state index is 13.3. The van der Waals surface area contributed by atoms with E-state index in [1.54, 1.807) is 43.4 Å². The summed E-state index contributed by atoms with van der Waals surface area (Å²) in [5.41, 5.74) is 1.39. The molecule has 1 aliphatic rings. The molecular weight excluding hydrogens is 359 g/mol. The van der Waals surface area contributed by atoms with E-state index in [2.05, 4.69) is 5.32 Å². The molecule has 1 fully saturated rings. The lowest BCUT2D eigenvalue weighted by atomic mass is 9.97. The molecule has 2 aromatic carbocycles. The third-order valence-electron chi connectivity index (χ3n) is 4.31. The average molecular weight is 377 g/mol. The van der Waals surface area contributed by atoms with Gasteiger partial charge in [0.2, 0.25) is 5.91 Å². The van der Waals surface area contributed by atoms with Crippen LogP contribution in [0.2, 0.25) is 5.02 Å². The molecule has 0 spiro atoms. The van der Waals surface area contributed by atoms with Crippen molar-refractivity contribution in [2.45, 2.75) is 18.7 Å². The summed E-state index contributed by atoms with van der Waals surface area (Å²) in [6.45, 7) is 0.0000927. The molecule has 1 N–H and O–H groups in total. The van der Waals surface area contributed by atoms with Gasteiger partial charge in [0.05, 0.1) is 6.04 Å². The van der Waals surface area contributed by atoms with E-state index in [4.69, 9.17) is 16.3 Å². The van der Waals surface area contributed by atoms with E-state index in [1.165, 1.54) is 17.0 Å². The Morgan fingerprint density at radius 2 is 2.04 bits per heavy atom. The first-order valence-electron chi connectivity index (χ1n) is 8.10. The Kier molecular flexibility index (Phi) is 5.54. The number of carbonyl (C=O) groups excluding carboxylic acids is 2. The van der Waals surface area contributed by atoms with E-state index in [9.17, 15) is 14.0 Å². The number of likely N-dealkylation sites (N-methyl/N-ethyl adjacent to an activating group) is 1. The summed E-state index contributed by atoms with van der Waals surface area (Å²) in [6.07, 6.45) is -0.868. The summed E-state index contributed by atoms with van der Waals surface area (Å²) < 4.78 is 18.8. The predicted octanol–water partition coefficient (Wildman–Crippen LogP) is 2.69. The van der Waals surface area contributed by atoms with Crippen molar-refractivity contribution in [2.24, 2.45) is 0 Å². The highest BCUT2D eigenvalue weighted by molar-refractivity contribution is 6.30. The number of hydrogen-bond acceptors (Lipinski definition) is 3. The van der Waals surface area contributed by atoms with Gasteiger partial charge in [-0.15, -0.1) is 0 Å². The summed E-state index contributed by atoms with van der Waals surface area (Å²) in [4.78, 5) is 26.2. The second-order valence-corrected chi connectivity index (χ2v) is 6.52. The molecule has 2 aromatic rings. The van der Waals surface area contributed by atoms with Crippen molar-refractivity contribution in [3.05, 3.63) is 70.5 Å².